The first-order chi connectivity index (χ1) is 6.24. The molecule has 0 saturated heterocycles. The second-order valence-electron chi connectivity index (χ2n) is 2.69. The minimum atomic E-state index is -0.350. The average molecular weight is 337 g/mol. The van der Waals surface area contributed by atoms with E-state index in [-0.39, 0.29) is 50.4 Å². The molecule has 0 saturated carbocycles. The van der Waals surface area contributed by atoms with Gasteiger partial charge in [-0.1, -0.05) is 10.9 Å². The standard InChI is InChI=1S/C10H11FNO.2CH3.HI/c1-8-3-4-10(9(11)7-8)13-6-5-12-2;;;/h2-4,7H,5-6H2,1H3;2*1H3;1H/q3*+1;/p-1. The maximum absolute atomic E-state index is 13.1. The molecule has 0 unspecified atom stereocenters. The summed E-state index contributed by atoms with van der Waals surface area (Å²) < 4.78 is 18.2. The first-order valence-electron chi connectivity index (χ1n) is 3.99. The van der Waals surface area contributed by atoms with Gasteiger partial charge in [0.25, 0.3) is 13.1 Å². The van der Waals surface area contributed by atoms with Crippen molar-refractivity contribution in [3.8, 4) is 12.3 Å². The predicted octanol–water partition coefficient (Wildman–Crippen LogP) is 0.380. The van der Waals surface area contributed by atoms with Crippen molar-refractivity contribution in [2.45, 2.75) is 6.92 Å². The van der Waals surface area contributed by atoms with Crippen LogP contribution < -0.4 is 28.7 Å². The fourth-order valence-electron chi connectivity index (χ4n) is 0.931. The summed E-state index contributed by atoms with van der Waals surface area (Å²) in [6, 6.07) is 4.81. The van der Waals surface area contributed by atoms with E-state index in [0.717, 1.165) is 5.56 Å². The van der Waals surface area contributed by atoms with Crippen molar-refractivity contribution in [2.24, 2.45) is 0 Å². The third kappa shape index (κ3) is 6.40. The van der Waals surface area contributed by atoms with E-state index in [0.29, 0.717) is 13.2 Å². The molecule has 0 aliphatic rings. The molecule has 0 aromatic heterocycles. The number of ether oxygens (including phenoxy) is 1. The molecule has 0 N–H and O–H groups in total. The Kier molecular flexibility index (Phi) is 13.3. The molecule has 0 fully saturated rings. The van der Waals surface area contributed by atoms with Crippen molar-refractivity contribution < 1.29 is 33.1 Å². The molecule has 1 aromatic rings. The summed E-state index contributed by atoms with van der Waals surface area (Å²) in [5.41, 5.74) is 0.869. The highest BCUT2D eigenvalue weighted by molar-refractivity contribution is 5.28. The maximum Gasteiger partial charge on any atom is 0.296 e. The lowest BCUT2D eigenvalue weighted by atomic mass is 10.2. The predicted molar refractivity (Wildman–Crippen MR) is 62.6 cm³/mol. The fourth-order valence-corrected chi connectivity index (χ4v) is 0.931. The Morgan fingerprint density at radius 1 is 1.38 bits per heavy atom. The zero-order chi connectivity index (χ0) is 9.68. The van der Waals surface area contributed by atoms with Crippen LogP contribution in [0.5, 0.6) is 5.75 Å². The zero-order valence-corrected chi connectivity index (χ0v) is 12.0. The molecular weight excluding hydrogens is 320 g/mol. The van der Waals surface area contributed by atoms with Crippen molar-refractivity contribution in [2.75, 3.05) is 13.2 Å². The maximum atomic E-state index is 13.1. The third-order valence-electron chi connectivity index (χ3n) is 1.57. The van der Waals surface area contributed by atoms with Gasteiger partial charge >= 0.3 is 0 Å². The highest BCUT2D eigenvalue weighted by atomic mass is 127. The van der Waals surface area contributed by atoms with Crippen LogP contribution in [0.3, 0.4) is 0 Å². The lowest BCUT2D eigenvalue weighted by molar-refractivity contribution is -0.00000427. The lowest BCUT2D eigenvalue weighted by Crippen LogP contribution is -3.00. The number of hydrogen-bond acceptors (Lipinski definition) is 1. The van der Waals surface area contributed by atoms with E-state index in [4.69, 9.17) is 11.3 Å². The number of aryl methyl sites for hydroxylation is 1. The van der Waals surface area contributed by atoms with Crippen molar-refractivity contribution in [1.29, 1.82) is 0 Å². The Hall–Kier alpha value is -1.09. The van der Waals surface area contributed by atoms with Gasteiger partial charge in [-0.25, -0.2) is 4.39 Å². The van der Waals surface area contributed by atoms with Crippen LogP contribution in [0.25, 0.3) is 4.85 Å². The molecule has 0 spiro atoms. The number of hydrogen-bond donors (Lipinski definition) is 0. The van der Waals surface area contributed by atoms with Gasteiger partial charge in [0, 0.05) is 14.9 Å². The Labute approximate surface area is 115 Å². The summed E-state index contributed by atoms with van der Waals surface area (Å²) in [7, 11) is 0. The second kappa shape index (κ2) is 10.4. The van der Waals surface area contributed by atoms with Crippen LogP contribution in [-0.2, 0) is 0 Å². The van der Waals surface area contributed by atoms with E-state index in [2.05, 4.69) is 4.85 Å². The highest BCUT2D eigenvalue weighted by Crippen LogP contribution is 2.17. The second-order valence-corrected chi connectivity index (χ2v) is 2.69. The molecule has 4 heteroatoms. The molecule has 16 heavy (non-hydrogen) atoms. The van der Waals surface area contributed by atoms with E-state index in [9.17, 15) is 4.39 Å². The zero-order valence-electron chi connectivity index (χ0n) is 9.84. The Morgan fingerprint density at radius 3 is 2.50 bits per heavy atom. The Morgan fingerprint density at radius 2 is 2.00 bits per heavy atom. The molecule has 0 bridgehead atoms. The molecule has 88 valence electrons. The molecule has 0 aliphatic heterocycles. The molecule has 2 nitrogen and oxygen atoms in total. The first kappa shape index (κ1) is 20.3. The third-order valence-corrected chi connectivity index (χ3v) is 1.57. The fraction of sp³-hybridized carbons (Fsp3) is 0.250. The number of nitrogens with zero attached hydrogens (tertiary/aromatic N) is 1. The van der Waals surface area contributed by atoms with Gasteiger partial charge in [-0.05, 0) is 24.6 Å². The van der Waals surface area contributed by atoms with Gasteiger partial charge in [0.1, 0.15) is 0 Å². The van der Waals surface area contributed by atoms with Gasteiger partial charge in [0.05, 0.1) is 0 Å². The quantitative estimate of drug-likeness (QED) is 0.442. The van der Waals surface area contributed by atoms with Crippen molar-refractivity contribution in [3.63, 3.8) is 0 Å². The highest BCUT2D eigenvalue weighted by Gasteiger charge is 2.03. The minimum absolute atomic E-state index is 0. The minimum Gasteiger partial charge on any atom is -1.00 e. The van der Waals surface area contributed by atoms with Crippen LogP contribution in [0.1, 0.15) is 5.56 Å². The number of benzene rings is 1. The average Bonchev–Trinajstić information content (AvgIpc) is 2.09. The van der Waals surface area contributed by atoms with Crippen molar-refractivity contribution >= 4 is 0 Å². The van der Waals surface area contributed by atoms with Gasteiger partial charge in [-0.3, -0.25) is 0 Å². The van der Waals surface area contributed by atoms with Crippen LogP contribution in [0.4, 0.5) is 4.39 Å². The molecule has 1 rings (SSSR count). The van der Waals surface area contributed by atoms with Gasteiger partial charge in [0.2, 0.25) is 0 Å². The summed E-state index contributed by atoms with van der Waals surface area (Å²) in [5, 5.41) is 0. The van der Waals surface area contributed by atoms with Gasteiger partial charge in [-0.2, -0.15) is 0 Å². The topological polar surface area (TPSA) is 13.6 Å². The largest absolute Gasteiger partial charge is 1.00 e. The molecular formula is C12H17FINO+2. The summed E-state index contributed by atoms with van der Waals surface area (Å²) in [6.07, 6.45) is 0. The Bertz CT molecular complexity index is 336. The van der Waals surface area contributed by atoms with Crippen LogP contribution in [0, 0.1) is 34.2 Å². The van der Waals surface area contributed by atoms with Gasteiger partial charge in [0.15, 0.2) is 18.2 Å². The first-order valence-corrected chi connectivity index (χ1v) is 3.99. The van der Waals surface area contributed by atoms with E-state index in [1.165, 1.54) is 6.07 Å². The SMILES string of the molecule is C#[N+]CCOc1ccc(C)cc1F.[CH3+].[CH3+].[I-]. The Balaban J connectivity index is -0.000000563. The van der Waals surface area contributed by atoms with E-state index >= 15 is 0 Å². The molecule has 0 radical (unpaired) electrons. The summed E-state index contributed by atoms with van der Waals surface area (Å²) in [4.78, 5) is 3.35. The molecule has 0 amide bonds. The smallest absolute Gasteiger partial charge is 0.296 e. The normalized spacial score (nSPS) is 7.56. The monoisotopic (exact) mass is 337 g/mol. The van der Waals surface area contributed by atoms with E-state index < -0.39 is 0 Å². The van der Waals surface area contributed by atoms with Crippen LogP contribution in [-0.4, -0.2) is 13.2 Å². The van der Waals surface area contributed by atoms with Crippen LogP contribution >= 0.6 is 0 Å². The van der Waals surface area contributed by atoms with Gasteiger partial charge in [-0.15, -0.1) is 0 Å². The van der Waals surface area contributed by atoms with E-state index in [1.54, 1.807) is 12.1 Å². The van der Waals surface area contributed by atoms with Crippen molar-refractivity contribution in [1.82, 2.24) is 0 Å². The summed E-state index contributed by atoms with van der Waals surface area (Å²) in [6.45, 7) is 7.40. The number of rotatable bonds is 3. The van der Waals surface area contributed by atoms with Crippen LogP contribution in [0.15, 0.2) is 18.2 Å². The van der Waals surface area contributed by atoms with E-state index in [1.807, 2.05) is 6.92 Å². The van der Waals surface area contributed by atoms with Crippen LogP contribution in [0.2, 0.25) is 0 Å². The van der Waals surface area contributed by atoms with Crippen molar-refractivity contribution in [3.05, 3.63) is 49.3 Å². The molecule has 0 aliphatic carbocycles. The van der Waals surface area contributed by atoms with Gasteiger partial charge < -0.3 is 28.7 Å². The molecule has 0 heterocycles. The molecule has 0 atom stereocenters. The summed E-state index contributed by atoms with van der Waals surface area (Å²) in [5.74, 6) is -0.105. The lowest BCUT2D eigenvalue weighted by Gasteiger charge is -2.03. The summed E-state index contributed by atoms with van der Waals surface area (Å²) >= 11 is 0. The number of halogens is 2. The molecule has 1 aromatic carbocycles.